The van der Waals surface area contributed by atoms with Crippen LogP contribution >= 0.6 is 24.0 Å². The van der Waals surface area contributed by atoms with Crippen LogP contribution in [0.15, 0.2) is 4.99 Å². The number of guanidine groups is 1. The van der Waals surface area contributed by atoms with Gasteiger partial charge in [0.25, 0.3) is 0 Å². The number of hydrogen-bond donors (Lipinski definition) is 2. The summed E-state index contributed by atoms with van der Waals surface area (Å²) >= 11 is 0. The highest BCUT2D eigenvalue weighted by Crippen LogP contribution is 2.22. The van der Waals surface area contributed by atoms with Crippen LogP contribution in [0.5, 0.6) is 0 Å². The molecule has 3 atom stereocenters. The van der Waals surface area contributed by atoms with Crippen molar-refractivity contribution in [3.8, 4) is 0 Å². The lowest BCUT2D eigenvalue weighted by Gasteiger charge is -2.35. The molecule has 3 heterocycles. The van der Waals surface area contributed by atoms with Gasteiger partial charge in [0, 0.05) is 44.8 Å². The second kappa shape index (κ2) is 11.6. The van der Waals surface area contributed by atoms with E-state index in [4.69, 9.17) is 14.5 Å². The molecule has 0 spiro atoms. The zero-order chi connectivity index (χ0) is 17.5. The Kier molecular flexibility index (Phi) is 9.90. The van der Waals surface area contributed by atoms with Crippen molar-refractivity contribution in [1.82, 2.24) is 20.4 Å². The van der Waals surface area contributed by atoms with Gasteiger partial charge >= 0.3 is 0 Å². The molecular weight excluding hydrogens is 445 g/mol. The summed E-state index contributed by atoms with van der Waals surface area (Å²) in [6.07, 6.45) is 2.87. The standard InChI is InChI=1S/C18H35N5O2.HI/c1-3-19-18(20-11-15(2)22-7-9-24-10-8-22)21-12-17-13-23-6-4-5-16(23)14-25-17;/h15-17H,3-14H2,1-2H3,(H2,19,20,21);1H. The molecule has 3 aliphatic heterocycles. The van der Waals surface area contributed by atoms with Crippen molar-refractivity contribution in [1.29, 1.82) is 0 Å². The summed E-state index contributed by atoms with van der Waals surface area (Å²) in [6.45, 7) is 13.7. The van der Waals surface area contributed by atoms with Gasteiger partial charge in [-0.15, -0.1) is 24.0 Å². The molecule has 0 aromatic rings. The molecule has 3 aliphatic rings. The quantitative estimate of drug-likeness (QED) is 0.332. The monoisotopic (exact) mass is 481 g/mol. The van der Waals surface area contributed by atoms with Gasteiger partial charge in [-0.1, -0.05) is 0 Å². The third-order valence-electron chi connectivity index (χ3n) is 5.49. The summed E-state index contributed by atoms with van der Waals surface area (Å²) < 4.78 is 11.5. The molecule has 26 heavy (non-hydrogen) atoms. The summed E-state index contributed by atoms with van der Waals surface area (Å²) in [6, 6.07) is 1.10. The number of morpholine rings is 2. The zero-order valence-electron chi connectivity index (χ0n) is 16.3. The van der Waals surface area contributed by atoms with Crippen molar-refractivity contribution in [2.45, 2.75) is 44.9 Å². The van der Waals surface area contributed by atoms with Crippen molar-refractivity contribution in [2.24, 2.45) is 4.99 Å². The predicted octanol–water partition coefficient (Wildman–Crippen LogP) is 0.743. The lowest BCUT2D eigenvalue weighted by molar-refractivity contribution is -0.0453. The Bertz CT molecular complexity index is 434. The molecule has 0 aliphatic carbocycles. The maximum atomic E-state index is 6.03. The molecule has 3 fully saturated rings. The van der Waals surface area contributed by atoms with Crippen LogP contribution < -0.4 is 10.6 Å². The summed E-state index contributed by atoms with van der Waals surface area (Å²) in [5.74, 6) is 0.898. The average Bonchev–Trinajstić information content (AvgIpc) is 3.12. The molecule has 7 nitrogen and oxygen atoms in total. The van der Waals surface area contributed by atoms with Crippen LogP contribution in [0.2, 0.25) is 0 Å². The van der Waals surface area contributed by atoms with Gasteiger partial charge in [-0.05, 0) is 33.2 Å². The zero-order valence-corrected chi connectivity index (χ0v) is 18.6. The van der Waals surface area contributed by atoms with Gasteiger partial charge in [0.05, 0.1) is 32.5 Å². The van der Waals surface area contributed by atoms with Crippen LogP contribution in [-0.2, 0) is 9.47 Å². The van der Waals surface area contributed by atoms with Crippen molar-refractivity contribution in [3.63, 3.8) is 0 Å². The topological polar surface area (TPSA) is 61.4 Å². The highest BCUT2D eigenvalue weighted by atomic mass is 127. The van der Waals surface area contributed by atoms with E-state index in [9.17, 15) is 0 Å². The smallest absolute Gasteiger partial charge is 0.191 e. The van der Waals surface area contributed by atoms with Gasteiger partial charge in [0.2, 0.25) is 0 Å². The minimum atomic E-state index is 0. The van der Waals surface area contributed by atoms with Crippen LogP contribution in [0.3, 0.4) is 0 Å². The Balaban J connectivity index is 0.00000243. The lowest BCUT2D eigenvalue weighted by atomic mass is 10.2. The fourth-order valence-corrected chi connectivity index (χ4v) is 3.92. The Morgan fingerprint density at radius 3 is 2.81 bits per heavy atom. The first-order valence-electron chi connectivity index (χ1n) is 9.96. The summed E-state index contributed by atoms with van der Waals surface area (Å²) in [5, 5.41) is 6.83. The molecule has 0 saturated carbocycles. The normalized spacial score (nSPS) is 28.9. The third-order valence-corrected chi connectivity index (χ3v) is 5.49. The maximum Gasteiger partial charge on any atom is 0.191 e. The van der Waals surface area contributed by atoms with E-state index in [1.54, 1.807) is 0 Å². The van der Waals surface area contributed by atoms with E-state index in [1.165, 1.54) is 19.4 Å². The van der Waals surface area contributed by atoms with Gasteiger partial charge in [-0.2, -0.15) is 0 Å². The van der Waals surface area contributed by atoms with E-state index in [-0.39, 0.29) is 30.1 Å². The molecule has 3 unspecified atom stereocenters. The number of fused-ring (bicyclic) bond motifs is 1. The van der Waals surface area contributed by atoms with E-state index >= 15 is 0 Å². The van der Waals surface area contributed by atoms with Gasteiger partial charge < -0.3 is 20.1 Å². The minimum Gasteiger partial charge on any atom is -0.379 e. The summed E-state index contributed by atoms with van der Waals surface area (Å²) in [5.41, 5.74) is 0. The number of ether oxygens (including phenoxy) is 2. The van der Waals surface area contributed by atoms with Gasteiger partial charge in [-0.25, -0.2) is 0 Å². The molecule has 152 valence electrons. The van der Waals surface area contributed by atoms with Crippen molar-refractivity contribution in [3.05, 3.63) is 0 Å². The van der Waals surface area contributed by atoms with Crippen LogP contribution in [0.4, 0.5) is 0 Å². The molecule has 2 N–H and O–H groups in total. The highest BCUT2D eigenvalue weighted by Gasteiger charge is 2.32. The van der Waals surface area contributed by atoms with E-state index < -0.39 is 0 Å². The second-order valence-electron chi connectivity index (χ2n) is 7.34. The number of rotatable bonds is 6. The predicted molar refractivity (Wildman–Crippen MR) is 116 cm³/mol. The highest BCUT2D eigenvalue weighted by molar-refractivity contribution is 14.0. The summed E-state index contributed by atoms with van der Waals surface area (Å²) in [7, 11) is 0. The molecule has 3 rings (SSSR count). The molecule has 3 saturated heterocycles. The first-order valence-corrected chi connectivity index (χ1v) is 9.96. The van der Waals surface area contributed by atoms with Gasteiger partial charge in [0.1, 0.15) is 0 Å². The minimum absolute atomic E-state index is 0. The van der Waals surface area contributed by atoms with Crippen LogP contribution in [0.1, 0.15) is 26.7 Å². The van der Waals surface area contributed by atoms with E-state index in [0.29, 0.717) is 12.1 Å². The fraction of sp³-hybridized carbons (Fsp3) is 0.944. The molecule has 0 radical (unpaired) electrons. The molecular formula is C18H36IN5O2. The Morgan fingerprint density at radius 1 is 1.23 bits per heavy atom. The van der Waals surface area contributed by atoms with E-state index in [2.05, 4.69) is 34.3 Å². The molecule has 0 aromatic carbocycles. The van der Waals surface area contributed by atoms with E-state index in [1.807, 2.05) is 0 Å². The van der Waals surface area contributed by atoms with Crippen molar-refractivity contribution < 1.29 is 9.47 Å². The number of aliphatic imine (C=N–C) groups is 1. The Labute approximate surface area is 175 Å². The maximum absolute atomic E-state index is 6.03. The summed E-state index contributed by atoms with van der Waals surface area (Å²) in [4.78, 5) is 9.82. The number of halogens is 1. The first-order chi connectivity index (χ1) is 12.3. The van der Waals surface area contributed by atoms with E-state index in [0.717, 1.165) is 65.0 Å². The first kappa shape index (κ1) is 22.1. The molecule has 0 bridgehead atoms. The molecule has 0 amide bonds. The number of nitrogens with one attached hydrogen (secondary N) is 2. The van der Waals surface area contributed by atoms with Crippen LogP contribution in [0, 0.1) is 0 Å². The number of hydrogen-bond acceptors (Lipinski definition) is 5. The van der Waals surface area contributed by atoms with Crippen LogP contribution in [0.25, 0.3) is 0 Å². The van der Waals surface area contributed by atoms with Crippen LogP contribution in [-0.4, -0.2) is 99.6 Å². The third kappa shape index (κ3) is 6.47. The van der Waals surface area contributed by atoms with Gasteiger partial charge in [0.15, 0.2) is 5.96 Å². The lowest BCUT2D eigenvalue weighted by Crippen LogP contribution is -2.51. The molecule has 8 heteroatoms. The fourth-order valence-electron chi connectivity index (χ4n) is 3.92. The molecule has 0 aromatic heterocycles. The average molecular weight is 481 g/mol. The van der Waals surface area contributed by atoms with Crippen molar-refractivity contribution >= 4 is 29.9 Å². The number of nitrogens with zero attached hydrogens (tertiary/aromatic N) is 3. The van der Waals surface area contributed by atoms with Gasteiger partial charge in [-0.3, -0.25) is 14.8 Å². The van der Waals surface area contributed by atoms with Crippen molar-refractivity contribution in [2.75, 3.05) is 65.6 Å². The SMILES string of the molecule is CCNC(=NCC(C)N1CCOCC1)NCC1CN2CCCC2CO1.I. The largest absolute Gasteiger partial charge is 0.379 e. The Morgan fingerprint density at radius 2 is 2.04 bits per heavy atom. The Hall–Kier alpha value is -0.160. The second-order valence-corrected chi connectivity index (χ2v) is 7.34.